The van der Waals surface area contributed by atoms with Gasteiger partial charge in [-0.25, -0.2) is 9.48 Å². The largest absolute Gasteiger partial charge is 0.452 e. The molecule has 0 saturated heterocycles. The molecule has 1 aromatic carbocycles. The normalized spacial score (nSPS) is 11.3. The molecule has 0 saturated carbocycles. The maximum Gasteiger partial charge on any atom is 0.331 e. The van der Waals surface area contributed by atoms with E-state index in [1.165, 1.54) is 6.08 Å². The Morgan fingerprint density at radius 3 is 2.75 bits per heavy atom. The van der Waals surface area contributed by atoms with Gasteiger partial charge in [0.25, 0.3) is 5.89 Å². The van der Waals surface area contributed by atoms with E-state index >= 15 is 0 Å². The van der Waals surface area contributed by atoms with Gasteiger partial charge in [0.15, 0.2) is 12.4 Å². The third-order valence-corrected chi connectivity index (χ3v) is 4.72. The van der Waals surface area contributed by atoms with Crippen molar-refractivity contribution in [1.29, 1.82) is 0 Å². The van der Waals surface area contributed by atoms with Gasteiger partial charge in [0.05, 0.1) is 12.2 Å². The standard InChI is InChI=1S/C18H15Cl3N4O3/c1-10-14(5-6-17(26)27-9-16-22-11(2)24-28-16)18(21)25(23-10)8-12-3-4-13(19)7-15(12)20/h3-7H,8-9H2,1-2H3/b6-5+. The van der Waals surface area contributed by atoms with Gasteiger partial charge in [-0.2, -0.15) is 10.1 Å². The Balaban J connectivity index is 1.68. The molecular formula is C18H15Cl3N4O3. The van der Waals surface area contributed by atoms with Crippen LogP contribution in [-0.2, 0) is 22.7 Å². The van der Waals surface area contributed by atoms with Gasteiger partial charge in [0.2, 0.25) is 0 Å². The zero-order chi connectivity index (χ0) is 20.3. The van der Waals surface area contributed by atoms with Crippen molar-refractivity contribution in [1.82, 2.24) is 19.9 Å². The second kappa shape index (κ2) is 8.77. The van der Waals surface area contributed by atoms with Crippen LogP contribution in [0.15, 0.2) is 28.8 Å². The van der Waals surface area contributed by atoms with Crippen molar-refractivity contribution in [2.45, 2.75) is 27.0 Å². The molecule has 3 aromatic rings. The molecular weight excluding hydrogens is 427 g/mol. The molecule has 0 unspecified atom stereocenters. The summed E-state index contributed by atoms with van der Waals surface area (Å²) in [5.41, 5.74) is 2.09. The Morgan fingerprint density at radius 2 is 2.07 bits per heavy atom. The van der Waals surface area contributed by atoms with Gasteiger partial charge in [0, 0.05) is 21.7 Å². The number of ether oxygens (including phenoxy) is 1. The van der Waals surface area contributed by atoms with Crippen LogP contribution in [0.5, 0.6) is 0 Å². The van der Waals surface area contributed by atoms with E-state index in [0.717, 1.165) is 5.56 Å². The van der Waals surface area contributed by atoms with E-state index in [4.69, 9.17) is 44.1 Å². The molecule has 0 radical (unpaired) electrons. The van der Waals surface area contributed by atoms with Crippen LogP contribution in [0.3, 0.4) is 0 Å². The van der Waals surface area contributed by atoms with E-state index in [1.807, 2.05) is 6.07 Å². The van der Waals surface area contributed by atoms with Crippen LogP contribution >= 0.6 is 34.8 Å². The molecule has 7 nitrogen and oxygen atoms in total. The van der Waals surface area contributed by atoms with E-state index in [0.29, 0.717) is 38.8 Å². The minimum absolute atomic E-state index is 0.106. The van der Waals surface area contributed by atoms with Gasteiger partial charge in [-0.05, 0) is 37.6 Å². The number of halogens is 3. The summed E-state index contributed by atoms with van der Waals surface area (Å²) in [6, 6.07) is 5.21. The van der Waals surface area contributed by atoms with E-state index in [-0.39, 0.29) is 12.5 Å². The van der Waals surface area contributed by atoms with E-state index < -0.39 is 5.97 Å². The van der Waals surface area contributed by atoms with Crippen molar-refractivity contribution < 1.29 is 14.1 Å². The van der Waals surface area contributed by atoms with Crippen molar-refractivity contribution >= 4 is 46.8 Å². The lowest BCUT2D eigenvalue weighted by Gasteiger charge is -2.06. The number of hydrogen-bond donors (Lipinski definition) is 0. The van der Waals surface area contributed by atoms with Gasteiger partial charge in [-0.15, -0.1) is 0 Å². The molecule has 0 atom stereocenters. The fraction of sp³-hybridized carbons (Fsp3) is 0.222. The van der Waals surface area contributed by atoms with Gasteiger partial charge in [0.1, 0.15) is 5.15 Å². The van der Waals surface area contributed by atoms with E-state index in [1.54, 1.807) is 36.7 Å². The highest BCUT2D eigenvalue weighted by atomic mass is 35.5. The number of carbonyl (C=O) groups excluding carboxylic acids is 1. The molecule has 0 N–H and O–H groups in total. The van der Waals surface area contributed by atoms with Crippen LogP contribution in [0.1, 0.15) is 28.5 Å². The van der Waals surface area contributed by atoms with Crippen LogP contribution in [-0.4, -0.2) is 25.9 Å². The highest BCUT2D eigenvalue weighted by Crippen LogP contribution is 2.26. The van der Waals surface area contributed by atoms with Gasteiger partial charge < -0.3 is 9.26 Å². The van der Waals surface area contributed by atoms with Gasteiger partial charge >= 0.3 is 5.97 Å². The number of carbonyl (C=O) groups is 1. The van der Waals surface area contributed by atoms with Crippen LogP contribution in [0.2, 0.25) is 15.2 Å². The second-order valence-corrected chi connectivity index (χ2v) is 7.06. The van der Waals surface area contributed by atoms with Gasteiger partial charge in [-0.1, -0.05) is 46.0 Å². The first kappa shape index (κ1) is 20.4. The predicted molar refractivity (Wildman–Crippen MR) is 105 cm³/mol. The van der Waals surface area contributed by atoms with Crippen LogP contribution in [0, 0.1) is 13.8 Å². The summed E-state index contributed by atoms with van der Waals surface area (Å²) in [6.07, 6.45) is 2.81. The third kappa shape index (κ3) is 4.92. The minimum atomic E-state index is -0.570. The molecule has 10 heteroatoms. The zero-order valence-corrected chi connectivity index (χ0v) is 17.2. The summed E-state index contributed by atoms with van der Waals surface area (Å²) in [6.45, 7) is 3.72. The van der Waals surface area contributed by atoms with Crippen molar-refractivity contribution in [3.8, 4) is 0 Å². The fourth-order valence-corrected chi connectivity index (χ4v) is 3.17. The molecule has 3 rings (SSSR count). The quantitative estimate of drug-likeness (QED) is 0.409. The van der Waals surface area contributed by atoms with Crippen LogP contribution in [0.4, 0.5) is 0 Å². The molecule has 0 amide bonds. The summed E-state index contributed by atoms with van der Waals surface area (Å²) in [7, 11) is 0. The topological polar surface area (TPSA) is 83.0 Å². The average molecular weight is 442 g/mol. The number of aryl methyl sites for hydroxylation is 2. The summed E-state index contributed by atoms with van der Waals surface area (Å²) < 4.78 is 11.5. The molecule has 2 heterocycles. The molecule has 0 aliphatic heterocycles. The molecule has 28 heavy (non-hydrogen) atoms. The SMILES string of the molecule is Cc1noc(COC(=O)/C=C/c2c(C)nn(Cc3ccc(Cl)cc3Cl)c2Cl)n1. The monoisotopic (exact) mass is 440 g/mol. The number of aromatic nitrogens is 4. The number of benzene rings is 1. The molecule has 146 valence electrons. The summed E-state index contributed by atoms with van der Waals surface area (Å²) >= 11 is 18.5. The summed E-state index contributed by atoms with van der Waals surface area (Å²) in [4.78, 5) is 15.8. The molecule has 0 aliphatic rings. The third-order valence-electron chi connectivity index (χ3n) is 3.74. The second-order valence-electron chi connectivity index (χ2n) is 5.86. The van der Waals surface area contributed by atoms with E-state index in [2.05, 4.69) is 15.2 Å². The number of nitrogens with zero attached hydrogens (tertiary/aromatic N) is 4. The first-order valence-corrected chi connectivity index (χ1v) is 9.27. The lowest BCUT2D eigenvalue weighted by Crippen LogP contribution is -2.02. The van der Waals surface area contributed by atoms with Crippen LogP contribution in [0.25, 0.3) is 6.08 Å². The molecule has 2 aromatic heterocycles. The fourth-order valence-electron chi connectivity index (χ4n) is 2.40. The molecule has 0 bridgehead atoms. The lowest BCUT2D eigenvalue weighted by atomic mass is 10.2. The molecule has 0 fully saturated rings. The van der Waals surface area contributed by atoms with Crippen molar-refractivity contribution in [3.63, 3.8) is 0 Å². The highest BCUT2D eigenvalue weighted by molar-refractivity contribution is 6.35. The van der Waals surface area contributed by atoms with Crippen LogP contribution < -0.4 is 0 Å². The predicted octanol–water partition coefficient (Wildman–Crippen LogP) is 4.65. The van der Waals surface area contributed by atoms with Crippen molar-refractivity contribution in [2.24, 2.45) is 0 Å². The first-order valence-electron chi connectivity index (χ1n) is 8.14. The number of esters is 1. The Hall–Kier alpha value is -2.35. The smallest absolute Gasteiger partial charge is 0.331 e. The van der Waals surface area contributed by atoms with Gasteiger partial charge in [-0.3, -0.25) is 0 Å². The maximum atomic E-state index is 11.9. The number of rotatable bonds is 6. The van der Waals surface area contributed by atoms with Crippen molar-refractivity contribution in [2.75, 3.05) is 0 Å². The molecule has 0 spiro atoms. The Morgan fingerprint density at radius 1 is 1.29 bits per heavy atom. The Labute approximate surface area is 175 Å². The summed E-state index contributed by atoms with van der Waals surface area (Å²) in [5.74, 6) is 0.123. The Kier molecular flexibility index (Phi) is 6.39. The average Bonchev–Trinajstić information content (AvgIpc) is 3.17. The zero-order valence-electron chi connectivity index (χ0n) is 14.9. The first-order chi connectivity index (χ1) is 13.3. The minimum Gasteiger partial charge on any atom is -0.452 e. The van der Waals surface area contributed by atoms with E-state index in [9.17, 15) is 4.79 Å². The maximum absolute atomic E-state index is 11.9. The Bertz CT molecular complexity index is 1040. The number of hydrogen-bond acceptors (Lipinski definition) is 6. The molecule has 0 aliphatic carbocycles. The lowest BCUT2D eigenvalue weighted by molar-refractivity contribution is -0.139. The summed E-state index contributed by atoms with van der Waals surface area (Å²) in [5, 5.41) is 9.47. The van der Waals surface area contributed by atoms with Crippen molar-refractivity contribution in [3.05, 3.63) is 68.0 Å². The highest BCUT2D eigenvalue weighted by Gasteiger charge is 2.14.